The second-order valence-electron chi connectivity index (χ2n) is 4.92. The third kappa shape index (κ3) is 3.44. The highest BCUT2D eigenvalue weighted by Crippen LogP contribution is 2.13. The Balaban J connectivity index is 1.88. The van der Waals surface area contributed by atoms with Gasteiger partial charge in [0, 0.05) is 37.5 Å². The van der Waals surface area contributed by atoms with Gasteiger partial charge in [-0.1, -0.05) is 0 Å². The van der Waals surface area contributed by atoms with E-state index in [0.29, 0.717) is 6.54 Å². The van der Waals surface area contributed by atoms with Crippen molar-refractivity contribution in [2.45, 2.75) is 32.8 Å². The maximum absolute atomic E-state index is 11.7. The molecular formula is C14H21N3O2. The Kier molecular flexibility index (Phi) is 4.37. The number of aryl methyl sites for hydroxylation is 2. The monoisotopic (exact) mass is 263 g/mol. The Morgan fingerprint density at radius 1 is 1.58 bits per heavy atom. The molecule has 2 heterocycles. The summed E-state index contributed by atoms with van der Waals surface area (Å²) in [6, 6.07) is 0. The molecule has 1 amide bonds. The molecule has 19 heavy (non-hydrogen) atoms. The van der Waals surface area contributed by atoms with Crippen LogP contribution in [-0.4, -0.2) is 34.9 Å². The Bertz CT molecular complexity index is 485. The van der Waals surface area contributed by atoms with E-state index in [0.717, 1.165) is 36.4 Å². The predicted octanol–water partition coefficient (Wildman–Crippen LogP) is 1.35. The Hall–Kier alpha value is -1.62. The Morgan fingerprint density at radius 3 is 2.95 bits per heavy atom. The standard InChI is InChI=1S/C14H21N3O2/c1-10-13(11(2)17(3)16-10)6-7-14(18)15-9-12-5-4-8-19-12/h6-7,12H,4-5,8-9H2,1-3H3,(H,15,18). The average molecular weight is 263 g/mol. The highest BCUT2D eigenvalue weighted by molar-refractivity contribution is 5.92. The molecular weight excluding hydrogens is 242 g/mol. The van der Waals surface area contributed by atoms with E-state index in [1.54, 1.807) is 6.08 Å². The number of carbonyl (C=O) groups is 1. The summed E-state index contributed by atoms with van der Waals surface area (Å²) in [5.41, 5.74) is 3.00. The summed E-state index contributed by atoms with van der Waals surface area (Å²) in [5, 5.41) is 7.17. The van der Waals surface area contributed by atoms with Gasteiger partial charge in [-0.25, -0.2) is 0 Å². The lowest BCUT2D eigenvalue weighted by Crippen LogP contribution is -2.30. The van der Waals surface area contributed by atoms with Gasteiger partial charge in [0.25, 0.3) is 0 Å². The van der Waals surface area contributed by atoms with Gasteiger partial charge in [0.05, 0.1) is 11.8 Å². The normalized spacial score (nSPS) is 19.2. The van der Waals surface area contributed by atoms with Crippen molar-refractivity contribution in [1.82, 2.24) is 15.1 Å². The van der Waals surface area contributed by atoms with Gasteiger partial charge in [-0.2, -0.15) is 5.10 Å². The molecule has 0 radical (unpaired) electrons. The van der Waals surface area contributed by atoms with E-state index in [-0.39, 0.29) is 12.0 Å². The molecule has 1 unspecified atom stereocenters. The van der Waals surface area contributed by atoms with Gasteiger partial charge in [0.1, 0.15) is 0 Å². The third-order valence-corrected chi connectivity index (χ3v) is 3.49. The fraction of sp³-hybridized carbons (Fsp3) is 0.571. The van der Waals surface area contributed by atoms with Crippen LogP contribution in [0.25, 0.3) is 6.08 Å². The van der Waals surface area contributed by atoms with Gasteiger partial charge in [-0.3, -0.25) is 9.48 Å². The van der Waals surface area contributed by atoms with Crippen LogP contribution in [0.15, 0.2) is 6.08 Å². The Labute approximate surface area is 113 Å². The fourth-order valence-electron chi connectivity index (χ4n) is 2.27. The first-order chi connectivity index (χ1) is 9.08. The number of amides is 1. The second kappa shape index (κ2) is 6.02. The van der Waals surface area contributed by atoms with Crippen molar-refractivity contribution < 1.29 is 9.53 Å². The minimum Gasteiger partial charge on any atom is -0.376 e. The third-order valence-electron chi connectivity index (χ3n) is 3.49. The van der Waals surface area contributed by atoms with Crippen LogP contribution in [0.4, 0.5) is 0 Å². The van der Waals surface area contributed by atoms with Crippen molar-refractivity contribution in [3.8, 4) is 0 Å². The smallest absolute Gasteiger partial charge is 0.244 e. The van der Waals surface area contributed by atoms with Crippen molar-refractivity contribution in [2.24, 2.45) is 7.05 Å². The highest BCUT2D eigenvalue weighted by Gasteiger charge is 2.15. The average Bonchev–Trinajstić information content (AvgIpc) is 2.96. The zero-order valence-corrected chi connectivity index (χ0v) is 11.8. The summed E-state index contributed by atoms with van der Waals surface area (Å²) in [5.74, 6) is -0.0850. The molecule has 0 spiro atoms. The molecule has 5 nitrogen and oxygen atoms in total. The largest absolute Gasteiger partial charge is 0.376 e. The first-order valence-electron chi connectivity index (χ1n) is 6.65. The molecule has 0 aliphatic carbocycles. The highest BCUT2D eigenvalue weighted by atomic mass is 16.5. The van der Waals surface area contributed by atoms with Crippen molar-refractivity contribution in [3.63, 3.8) is 0 Å². The van der Waals surface area contributed by atoms with Crippen LogP contribution >= 0.6 is 0 Å². The van der Waals surface area contributed by atoms with E-state index >= 15 is 0 Å². The van der Waals surface area contributed by atoms with Crippen molar-refractivity contribution in [3.05, 3.63) is 23.0 Å². The number of hydrogen-bond acceptors (Lipinski definition) is 3. The SMILES string of the molecule is Cc1nn(C)c(C)c1C=CC(=O)NCC1CCCO1. The molecule has 1 fully saturated rings. The van der Waals surface area contributed by atoms with Crippen LogP contribution < -0.4 is 5.32 Å². The zero-order valence-electron chi connectivity index (χ0n) is 11.8. The molecule has 2 rings (SSSR count). The van der Waals surface area contributed by atoms with Crippen LogP contribution in [0.3, 0.4) is 0 Å². The summed E-state index contributed by atoms with van der Waals surface area (Å²) in [6.07, 6.45) is 5.68. The molecule has 0 saturated carbocycles. The minimum atomic E-state index is -0.0850. The van der Waals surface area contributed by atoms with E-state index < -0.39 is 0 Å². The number of hydrogen-bond donors (Lipinski definition) is 1. The molecule has 1 aliphatic heterocycles. The van der Waals surface area contributed by atoms with Crippen LogP contribution in [0.2, 0.25) is 0 Å². The minimum absolute atomic E-state index is 0.0850. The van der Waals surface area contributed by atoms with Gasteiger partial charge >= 0.3 is 0 Å². The van der Waals surface area contributed by atoms with Gasteiger partial charge in [-0.15, -0.1) is 0 Å². The molecule has 0 aromatic carbocycles. The molecule has 1 atom stereocenters. The molecule has 104 valence electrons. The number of nitrogens with one attached hydrogen (secondary N) is 1. The summed E-state index contributed by atoms with van der Waals surface area (Å²) in [7, 11) is 1.90. The van der Waals surface area contributed by atoms with E-state index in [9.17, 15) is 4.79 Å². The fourth-order valence-corrected chi connectivity index (χ4v) is 2.27. The van der Waals surface area contributed by atoms with Crippen molar-refractivity contribution in [2.75, 3.05) is 13.2 Å². The van der Waals surface area contributed by atoms with Crippen molar-refractivity contribution in [1.29, 1.82) is 0 Å². The molecule has 1 aromatic rings. The lowest BCUT2D eigenvalue weighted by molar-refractivity contribution is -0.116. The van der Waals surface area contributed by atoms with Gasteiger partial charge < -0.3 is 10.1 Å². The first kappa shape index (κ1) is 13.8. The molecule has 0 bridgehead atoms. The lowest BCUT2D eigenvalue weighted by atomic mass is 10.2. The quantitative estimate of drug-likeness (QED) is 0.834. The van der Waals surface area contributed by atoms with Gasteiger partial charge in [0.2, 0.25) is 5.91 Å². The van der Waals surface area contributed by atoms with Crippen LogP contribution in [0.5, 0.6) is 0 Å². The van der Waals surface area contributed by atoms with E-state index in [1.807, 2.05) is 31.7 Å². The van der Waals surface area contributed by atoms with Crippen LogP contribution in [-0.2, 0) is 16.6 Å². The van der Waals surface area contributed by atoms with Crippen LogP contribution in [0, 0.1) is 13.8 Å². The number of nitrogens with zero attached hydrogens (tertiary/aromatic N) is 2. The number of ether oxygens (including phenoxy) is 1. The molecule has 1 saturated heterocycles. The van der Waals surface area contributed by atoms with E-state index in [2.05, 4.69) is 10.4 Å². The maximum Gasteiger partial charge on any atom is 0.244 e. The lowest BCUT2D eigenvalue weighted by Gasteiger charge is -2.08. The molecule has 5 heteroatoms. The van der Waals surface area contributed by atoms with E-state index in [4.69, 9.17) is 4.74 Å². The number of carbonyl (C=O) groups excluding carboxylic acids is 1. The summed E-state index contributed by atoms with van der Waals surface area (Å²) >= 11 is 0. The molecule has 1 N–H and O–H groups in total. The number of aromatic nitrogens is 2. The van der Waals surface area contributed by atoms with Crippen LogP contribution in [0.1, 0.15) is 29.8 Å². The topological polar surface area (TPSA) is 56.2 Å². The maximum atomic E-state index is 11.7. The first-order valence-corrected chi connectivity index (χ1v) is 6.65. The molecule has 1 aromatic heterocycles. The second-order valence-corrected chi connectivity index (χ2v) is 4.92. The molecule has 1 aliphatic rings. The van der Waals surface area contributed by atoms with Gasteiger partial charge in [0.15, 0.2) is 0 Å². The van der Waals surface area contributed by atoms with Crippen molar-refractivity contribution >= 4 is 12.0 Å². The zero-order chi connectivity index (χ0) is 13.8. The summed E-state index contributed by atoms with van der Waals surface area (Å²) < 4.78 is 7.27. The Morgan fingerprint density at radius 2 is 2.37 bits per heavy atom. The van der Waals surface area contributed by atoms with E-state index in [1.165, 1.54) is 0 Å². The summed E-state index contributed by atoms with van der Waals surface area (Å²) in [6.45, 7) is 5.33. The predicted molar refractivity (Wildman–Crippen MR) is 73.7 cm³/mol. The van der Waals surface area contributed by atoms with Gasteiger partial charge in [-0.05, 0) is 32.8 Å². The number of rotatable bonds is 4. The summed E-state index contributed by atoms with van der Waals surface area (Å²) in [4.78, 5) is 11.7.